The molecule has 1 aromatic carbocycles. The number of nitrogens with one attached hydrogen (secondary N) is 1. The van der Waals surface area contributed by atoms with Gasteiger partial charge in [0.05, 0.1) is 45.6 Å². The predicted octanol–water partition coefficient (Wildman–Crippen LogP) is 4.46. The fourth-order valence-electron chi connectivity index (χ4n) is 4.25. The van der Waals surface area contributed by atoms with Crippen LogP contribution in [0.25, 0.3) is 21.3 Å². The molecule has 1 atom stereocenters. The summed E-state index contributed by atoms with van der Waals surface area (Å²) >= 11 is 14.3. The molecular formula is C24H26Cl2N8O3S. The van der Waals surface area contributed by atoms with Crippen LogP contribution in [0.2, 0.25) is 10.0 Å². The van der Waals surface area contributed by atoms with Gasteiger partial charge in [0, 0.05) is 13.1 Å². The smallest absolute Gasteiger partial charge is 0.410 e. The van der Waals surface area contributed by atoms with Crippen LogP contribution < -0.4 is 15.9 Å². The number of aromatic nitrogens is 5. The number of nitrogens with zero attached hydrogens (tertiary/aromatic N) is 7. The molecule has 0 saturated carbocycles. The van der Waals surface area contributed by atoms with E-state index in [1.165, 1.54) is 22.3 Å². The highest BCUT2D eigenvalue weighted by Gasteiger charge is 2.29. The number of amides is 1. The number of hydrogen-bond donors (Lipinski definition) is 1. The monoisotopic (exact) mass is 576 g/mol. The van der Waals surface area contributed by atoms with Crippen molar-refractivity contribution >= 4 is 67.7 Å². The van der Waals surface area contributed by atoms with Gasteiger partial charge in [0.15, 0.2) is 11.6 Å². The molecule has 14 heteroatoms. The summed E-state index contributed by atoms with van der Waals surface area (Å²) in [5.41, 5.74) is 1.70. The first-order chi connectivity index (χ1) is 18.0. The van der Waals surface area contributed by atoms with Gasteiger partial charge >= 0.3 is 6.09 Å². The van der Waals surface area contributed by atoms with Crippen LogP contribution in [0.5, 0.6) is 0 Å². The van der Waals surface area contributed by atoms with Crippen molar-refractivity contribution in [2.45, 2.75) is 39.3 Å². The van der Waals surface area contributed by atoms with E-state index < -0.39 is 11.6 Å². The quantitative estimate of drug-likeness (QED) is 0.375. The average Bonchev–Trinajstić information content (AvgIpc) is 3.35. The van der Waals surface area contributed by atoms with E-state index in [1.807, 2.05) is 32.7 Å². The van der Waals surface area contributed by atoms with E-state index >= 15 is 0 Å². The Bertz CT molecular complexity index is 1580. The van der Waals surface area contributed by atoms with Gasteiger partial charge in [-0.15, -0.1) is 11.3 Å². The van der Waals surface area contributed by atoms with Crippen molar-refractivity contribution in [1.82, 2.24) is 29.5 Å². The van der Waals surface area contributed by atoms with Crippen molar-refractivity contribution in [3.8, 4) is 0 Å². The summed E-state index contributed by atoms with van der Waals surface area (Å²) in [6, 6.07) is 2.72. The van der Waals surface area contributed by atoms with Crippen LogP contribution >= 0.6 is 34.5 Å². The number of piperazine rings is 1. The summed E-state index contributed by atoms with van der Waals surface area (Å²) in [5, 5.41) is 6.00. The maximum atomic E-state index is 13.9. The van der Waals surface area contributed by atoms with Gasteiger partial charge in [0.1, 0.15) is 22.3 Å². The van der Waals surface area contributed by atoms with Crippen LogP contribution in [-0.4, -0.2) is 67.4 Å². The van der Waals surface area contributed by atoms with Crippen molar-refractivity contribution in [3.05, 3.63) is 50.2 Å². The number of thiazole rings is 1. The minimum atomic E-state index is -0.596. The Morgan fingerprint density at radius 3 is 2.50 bits per heavy atom. The van der Waals surface area contributed by atoms with Crippen molar-refractivity contribution in [3.63, 3.8) is 0 Å². The minimum Gasteiger partial charge on any atom is -0.444 e. The third-order valence-electron chi connectivity index (χ3n) is 5.99. The summed E-state index contributed by atoms with van der Waals surface area (Å²) in [7, 11) is 0. The molecule has 0 bridgehead atoms. The van der Waals surface area contributed by atoms with Crippen molar-refractivity contribution < 1.29 is 9.53 Å². The SMILES string of the molecule is C[C@H](Nc1ncnc2scnc12)c1nc2c(Cl)ccc(Cl)c2c(=O)n1N1CCN(C(=O)OC(C)(C)C)CC1. The highest BCUT2D eigenvalue weighted by molar-refractivity contribution is 7.16. The second-order valence-electron chi connectivity index (χ2n) is 9.86. The third kappa shape index (κ3) is 5.07. The zero-order valence-electron chi connectivity index (χ0n) is 21.2. The van der Waals surface area contributed by atoms with Gasteiger partial charge in [-0.3, -0.25) is 4.79 Å². The molecule has 1 aliphatic rings. The summed E-state index contributed by atoms with van der Waals surface area (Å²) in [6.45, 7) is 8.86. The minimum absolute atomic E-state index is 0.230. The van der Waals surface area contributed by atoms with Gasteiger partial charge in [-0.25, -0.2) is 29.4 Å². The molecule has 4 aromatic rings. The first-order valence-corrected chi connectivity index (χ1v) is 13.6. The molecular weight excluding hydrogens is 551 g/mol. The molecule has 1 aliphatic heterocycles. The van der Waals surface area contributed by atoms with E-state index in [2.05, 4.69) is 20.3 Å². The topological polar surface area (TPSA) is 118 Å². The molecule has 0 spiro atoms. The van der Waals surface area contributed by atoms with E-state index in [0.717, 1.165) is 4.83 Å². The fourth-order valence-corrected chi connectivity index (χ4v) is 5.31. The largest absolute Gasteiger partial charge is 0.444 e. The molecule has 0 radical (unpaired) electrons. The number of fused-ring (bicyclic) bond motifs is 2. The second kappa shape index (κ2) is 10.2. The predicted molar refractivity (Wildman–Crippen MR) is 149 cm³/mol. The average molecular weight is 577 g/mol. The van der Waals surface area contributed by atoms with E-state index in [4.69, 9.17) is 32.9 Å². The summed E-state index contributed by atoms with van der Waals surface area (Å²) in [4.78, 5) is 46.7. The summed E-state index contributed by atoms with van der Waals surface area (Å²) < 4.78 is 7.04. The highest BCUT2D eigenvalue weighted by Crippen LogP contribution is 2.29. The molecule has 1 N–H and O–H groups in total. The lowest BCUT2D eigenvalue weighted by atomic mass is 10.2. The van der Waals surface area contributed by atoms with Gasteiger partial charge in [0.25, 0.3) is 5.56 Å². The van der Waals surface area contributed by atoms with E-state index in [9.17, 15) is 9.59 Å². The first-order valence-electron chi connectivity index (χ1n) is 12.0. The van der Waals surface area contributed by atoms with Crippen LogP contribution in [0, 0.1) is 0 Å². The zero-order valence-corrected chi connectivity index (χ0v) is 23.6. The van der Waals surface area contributed by atoms with Gasteiger partial charge < -0.3 is 20.0 Å². The Morgan fingerprint density at radius 1 is 1.08 bits per heavy atom. The molecule has 3 aromatic heterocycles. The number of carbonyl (C=O) groups excluding carboxylic acids is 1. The number of carbonyl (C=O) groups is 1. The Hall–Kier alpha value is -3.22. The number of benzene rings is 1. The molecule has 200 valence electrons. The maximum Gasteiger partial charge on any atom is 0.410 e. The zero-order chi connectivity index (χ0) is 27.2. The van der Waals surface area contributed by atoms with Gasteiger partial charge in [-0.05, 0) is 39.8 Å². The summed E-state index contributed by atoms with van der Waals surface area (Å²) in [5.74, 6) is 0.941. The lowest BCUT2D eigenvalue weighted by Crippen LogP contribution is -2.57. The molecule has 0 unspecified atom stereocenters. The van der Waals surface area contributed by atoms with E-state index in [0.29, 0.717) is 53.9 Å². The number of rotatable bonds is 4. The van der Waals surface area contributed by atoms with Crippen LogP contribution in [0.3, 0.4) is 0 Å². The molecule has 4 heterocycles. The lowest BCUT2D eigenvalue weighted by Gasteiger charge is -2.38. The molecule has 5 rings (SSSR count). The van der Waals surface area contributed by atoms with Crippen LogP contribution in [0.1, 0.15) is 39.6 Å². The lowest BCUT2D eigenvalue weighted by molar-refractivity contribution is 0.0231. The highest BCUT2D eigenvalue weighted by atomic mass is 35.5. The molecule has 38 heavy (non-hydrogen) atoms. The summed E-state index contributed by atoms with van der Waals surface area (Å²) in [6.07, 6.45) is 1.07. The van der Waals surface area contributed by atoms with Gasteiger partial charge in [-0.2, -0.15) is 0 Å². The number of halogens is 2. The molecule has 11 nitrogen and oxygen atoms in total. The van der Waals surface area contributed by atoms with Crippen LogP contribution in [-0.2, 0) is 4.74 Å². The second-order valence-corrected chi connectivity index (χ2v) is 11.5. The van der Waals surface area contributed by atoms with Crippen molar-refractivity contribution in [1.29, 1.82) is 0 Å². The fraction of sp³-hybridized carbons (Fsp3) is 0.417. The van der Waals surface area contributed by atoms with Crippen LogP contribution in [0.4, 0.5) is 10.6 Å². The Balaban J connectivity index is 1.53. The Kier molecular flexibility index (Phi) is 7.05. The Labute approximate surface area is 232 Å². The maximum absolute atomic E-state index is 13.9. The van der Waals surface area contributed by atoms with E-state index in [-0.39, 0.29) is 22.1 Å². The molecule has 1 fully saturated rings. The number of hydrogen-bond acceptors (Lipinski definition) is 10. The molecule has 1 saturated heterocycles. The molecule has 0 aliphatic carbocycles. The molecule has 1 amide bonds. The van der Waals surface area contributed by atoms with Gasteiger partial charge in [0.2, 0.25) is 0 Å². The first kappa shape index (κ1) is 26.4. The standard InChI is InChI=1S/C24H26Cl2N8O3S/c1-13(30-19-18-21(28-11-27-19)38-12-29-18)20-31-17-15(26)6-5-14(25)16(17)22(35)34(20)33-9-7-32(8-10-33)23(36)37-24(2,3)4/h5-6,11-13H,7-10H2,1-4H3,(H,27,28,30)/t13-/m0/s1. The van der Waals surface area contributed by atoms with E-state index in [1.54, 1.807) is 22.5 Å². The van der Waals surface area contributed by atoms with Crippen molar-refractivity contribution in [2.75, 3.05) is 36.5 Å². The van der Waals surface area contributed by atoms with Gasteiger partial charge in [-0.1, -0.05) is 23.2 Å². The van der Waals surface area contributed by atoms with Crippen LogP contribution in [0.15, 0.2) is 28.8 Å². The third-order valence-corrected chi connectivity index (χ3v) is 7.35. The number of ether oxygens (including phenoxy) is 1. The van der Waals surface area contributed by atoms with Crippen molar-refractivity contribution in [2.24, 2.45) is 0 Å². The Morgan fingerprint density at radius 2 is 1.79 bits per heavy atom. The normalized spacial score (nSPS) is 15.2. The number of anilines is 1.